The maximum Gasteiger partial charge on any atom is 0.254 e. The fraction of sp³-hybridized carbons (Fsp3) is 0.476. The number of aliphatic hydroxyl groups excluding tert-OH is 1. The number of nitrogens with two attached hydrogens (primary N) is 1. The first-order valence-corrected chi connectivity index (χ1v) is 9.73. The number of hydrogen-bond acceptors (Lipinski definition) is 5. The van der Waals surface area contributed by atoms with E-state index in [0.717, 1.165) is 25.7 Å². The van der Waals surface area contributed by atoms with E-state index in [1.165, 1.54) is 6.07 Å². The van der Waals surface area contributed by atoms with Gasteiger partial charge in [0.1, 0.15) is 11.4 Å². The Labute approximate surface area is 169 Å². The predicted molar refractivity (Wildman–Crippen MR) is 107 cm³/mol. The van der Waals surface area contributed by atoms with Crippen LogP contribution >= 0.6 is 0 Å². The fourth-order valence-electron chi connectivity index (χ4n) is 3.78. The molecule has 2 atom stereocenters. The van der Waals surface area contributed by atoms with Gasteiger partial charge in [0.15, 0.2) is 5.82 Å². The van der Waals surface area contributed by atoms with Crippen molar-refractivity contribution in [3.05, 3.63) is 41.3 Å². The number of amides is 1. The zero-order valence-corrected chi connectivity index (χ0v) is 16.7. The molecule has 1 aliphatic rings. The van der Waals surface area contributed by atoms with Crippen LogP contribution in [0.15, 0.2) is 24.4 Å². The summed E-state index contributed by atoms with van der Waals surface area (Å²) >= 11 is 0. The standard InChI is InChI=1S/C21H26FN5O2/c1-21(2,12-28)16-8-7-14(9-17(16)22)25-20-15(19(24)29)11-27(26-20)18-6-4-3-5-13(18)10-23/h7-9,11,13,18,28H,3-6,12H2,1-2H3,(H2,24,29)(H,25,26). The number of halogens is 1. The molecule has 2 unspecified atom stereocenters. The molecule has 1 fully saturated rings. The van der Waals surface area contributed by atoms with E-state index < -0.39 is 17.1 Å². The first-order chi connectivity index (χ1) is 13.8. The quantitative estimate of drug-likeness (QED) is 0.688. The zero-order chi connectivity index (χ0) is 21.2. The number of nitriles is 1. The second kappa shape index (κ2) is 8.21. The Bertz CT molecular complexity index is 947. The predicted octanol–water partition coefficient (Wildman–Crippen LogP) is 3.39. The van der Waals surface area contributed by atoms with Gasteiger partial charge in [0, 0.05) is 17.3 Å². The molecule has 1 heterocycles. The Morgan fingerprint density at radius 1 is 1.45 bits per heavy atom. The summed E-state index contributed by atoms with van der Waals surface area (Å²) < 4.78 is 16.2. The van der Waals surface area contributed by atoms with E-state index in [-0.39, 0.29) is 29.9 Å². The molecule has 154 valence electrons. The molecule has 0 radical (unpaired) electrons. The SMILES string of the molecule is CC(C)(CO)c1ccc(Nc2nn(C3CCCCC3C#N)cc2C(N)=O)cc1F. The van der Waals surface area contributed by atoms with Gasteiger partial charge in [0.2, 0.25) is 0 Å². The van der Waals surface area contributed by atoms with Crippen LogP contribution in [-0.4, -0.2) is 27.4 Å². The maximum absolute atomic E-state index is 14.6. The van der Waals surface area contributed by atoms with Crippen LogP contribution in [0.3, 0.4) is 0 Å². The molecule has 0 aliphatic heterocycles. The van der Waals surface area contributed by atoms with Crippen molar-refractivity contribution in [2.75, 3.05) is 11.9 Å². The van der Waals surface area contributed by atoms with Gasteiger partial charge in [-0.2, -0.15) is 10.4 Å². The third-order valence-electron chi connectivity index (χ3n) is 5.59. The molecule has 1 aromatic carbocycles. The van der Waals surface area contributed by atoms with Gasteiger partial charge < -0.3 is 16.2 Å². The van der Waals surface area contributed by atoms with Gasteiger partial charge in [-0.05, 0) is 30.5 Å². The molecule has 2 aromatic rings. The molecule has 3 rings (SSSR count). The highest BCUT2D eigenvalue weighted by molar-refractivity contribution is 5.98. The zero-order valence-electron chi connectivity index (χ0n) is 16.7. The molecule has 7 nitrogen and oxygen atoms in total. The van der Waals surface area contributed by atoms with Gasteiger partial charge in [-0.15, -0.1) is 0 Å². The average molecular weight is 399 g/mol. The number of anilines is 2. The van der Waals surface area contributed by atoms with E-state index in [2.05, 4.69) is 16.5 Å². The van der Waals surface area contributed by atoms with Crippen LogP contribution in [0.4, 0.5) is 15.9 Å². The molecule has 0 saturated heterocycles. The second-order valence-electron chi connectivity index (χ2n) is 8.18. The van der Waals surface area contributed by atoms with Crippen molar-refractivity contribution in [3.63, 3.8) is 0 Å². The van der Waals surface area contributed by atoms with Crippen LogP contribution in [0.5, 0.6) is 0 Å². The summed E-state index contributed by atoms with van der Waals surface area (Å²) in [6, 6.07) is 6.77. The highest BCUT2D eigenvalue weighted by Crippen LogP contribution is 2.35. The Kier molecular flexibility index (Phi) is 5.89. The summed E-state index contributed by atoms with van der Waals surface area (Å²) in [6.45, 7) is 3.32. The van der Waals surface area contributed by atoms with Crippen molar-refractivity contribution in [1.29, 1.82) is 5.26 Å². The normalized spacial score (nSPS) is 19.6. The van der Waals surface area contributed by atoms with Crippen molar-refractivity contribution in [2.24, 2.45) is 11.7 Å². The number of hydrogen-bond donors (Lipinski definition) is 3. The number of carbonyl (C=O) groups is 1. The molecule has 29 heavy (non-hydrogen) atoms. The summed E-state index contributed by atoms with van der Waals surface area (Å²) in [7, 11) is 0. The summed E-state index contributed by atoms with van der Waals surface area (Å²) in [5.41, 5.74) is 5.79. The number of aliphatic hydroxyl groups is 1. The molecule has 1 aromatic heterocycles. The second-order valence-corrected chi connectivity index (χ2v) is 8.18. The van der Waals surface area contributed by atoms with Crippen LogP contribution < -0.4 is 11.1 Å². The van der Waals surface area contributed by atoms with Gasteiger partial charge in [-0.3, -0.25) is 9.48 Å². The first-order valence-electron chi connectivity index (χ1n) is 9.73. The van der Waals surface area contributed by atoms with Gasteiger partial charge >= 0.3 is 0 Å². The molecular weight excluding hydrogens is 373 g/mol. The molecule has 4 N–H and O–H groups in total. The van der Waals surface area contributed by atoms with Crippen molar-refractivity contribution < 1.29 is 14.3 Å². The molecule has 1 saturated carbocycles. The number of primary amides is 1. The van der Waals surface area contributed by atoms with Gasteiger partial charge in [0.25, 0.3) is 5.91 Å². The van der Waals surface area contributed by atoms with Gasteiger partial charge in [-0.25, -0.2) is 4.39 Å². The van der Waals surface area contributed by atoms with E-state index in [1.807, 2.05) is 0 Å². The van der Waals surface area contributed by atoms with Crippen molar-refractivity contribution in [2.45, 2.75) is 51.0 Å². The lowest BCUT2D eigenvalue weighted by Gasteiger charge is -2.26. The third-order valence-corrected chi connectivity index (χ3v) is 5.59. The van der Waals surface area contributed by atoms with Crippen LogP contribution in [0.25, 0.3) is 0 Å². The lowest BCUT2D eigenvalue weighted by molar-refractivity contribution is 0.100. The van der Waals surface area contributed by atoms with Gasteiger partial charge in [0.05, 0.1) is 24.6 Å². The Morgan fingerprint density at radius 3 is 2.79 bits per heavy atom. The molecule has 1 amide bonds. The molecular formula is C21H26FN5O2. The highest BCUT2D eigenvalue weighted by Gasteiger charge is 2.29. The lowest BCUT2D eigenvalue weighted by Crippen LogP contribution is -2.23. The van der Waals surface area contributed by atoms with Crippen molar-refractivity contribution in [1.82, 2.24) is 9.78 Å². The summed E-state index contributed by atoms with van der Waals surface area (Å²) in [5.74, 6) is -1.06. The summed E-state index contributed by atoms with van der Waals surface area (Å²) in [4.78, 5) is 11.9. The Morgan fingerprint density at radius 2 is 2.17 bits per heavy atom. The topological polar surface area (TPSA) is 117 Å². The fourth-order valence-corrected chi connectivity index (χ4v) is 3.78. The molecule has 1 aliphatic carbocycles. The van der Waals surface area contributed by atoms with E-state index >= 15 is 0 Å². The van der Waals surface area contributed by atoms with Gasteiger partial charge in [-0.1, -0.05) is 32.8 Å². The number of carbonyl (C=O) groups excluding carboxylic acids is 1. The largest absolute Gasteiger partial charge is 0.395 e. The van der Waals surface area contributed by atoms with E-state index in [1.54, 1.807) is 36.9 Å². The lowest BCUT2D eigenvalue weighted by atomic mass is 9.85. The molecule has 8 heteroatoms. The molecule has 0 bridgehead atoms. The van der Waals surface area contributed by atoms with Crippen LogP contribution in [0.2, 0.25) is 0 Å². The number of benzene rings is 1. The third kappa shape index (κ3) is 4.25. The minimum Gasteiger partial charge on any atom is -0.395 e. The molecule has 0 spiro atoms. The average Bonchev–Trinajstić information content (AvgIpc) is 3.11. The minimum atomic E-state index is -0.712. The van der Waals surface area contributed by atoms with E-state index in [9.17, 15) is 19.6 Å². The van der Waals surface area contributed by atoms with Crippen molar-refractivity contribution >= 4 is 17.4 Å². The van der Waals surface area contributed by atoms with Crippen molar-refractivity contribution in [3.8, 4) is 6.07 Å². The summed E-state index contributed by atoms with van der Waals surface area (Å²) in [5, 5.41) is 26.3. The van der Waals surface area contributed by atoms with Crippen LogP contribution in [0.1, 0.15) is 61.5 Å². The number of rotatable bonds is 6. The van der Waals surface area contributed by atoms with Crippen LogP contribution in [0, 0.1) is 23.1 Å². The minimum absolute atomic E-state index is 0.119. The first kappa shape index (κ1) is 20.8. The highest BCUT2D eigenvalue weighted by atomic mass is 19.1. The van der Waals surface area contributed by atoms with E-state index in [4.69, 9.17) is 5.73 Å². The Hall–Kier alpha value is -2.92. The number of nitrogens with one attached hydrogen (secondary N) is 1. The summed E-state index contributed by atoms with van der Waals surface area (Å²) in [6.07, 6.45) is 5.15. The maximum atomic E-state index is 14.6. The van der Waals surface area contributed by atoms with Crippen LogP contribution in [-0.2, 0) is 5.41 Å². The Balaban J connectivity index is 1.91. The monoisotopic (exact) mass is 399 g/mol. The smallest absolute Gasteiger partial charge is 0.254 e. The number of aromatic nitrogens is 2. The van der Waals surface area contributed by atoms with E-state index in [0.29, 0.717) is 11.3 Å². The number of nitrogens with zero attached hydrogens (tertiary/aromatic N) is 3.